The van der Waals surface area contributed by atoms with Crippen molar-refractivity contribution in [2.45, 2.75) is 25.5 Å². The summed E-state index contributed by atoms with van der Waals surface area (Å²) >= 11 is 0. The van der Waals surface area contributed by atoms with E-state index in [4.69, 9.17) is 4.74 Å². The lowest BCUT2D eigenvalue weighted by Crippen LogP contribution is -2.41. The van der Waals surface area contributed by atoms with E-state index in [0.717, 1.165) is 0 Å². The molecule has 0 saturated heterocycles. The zero-order valence-corrected chi connectivity index (χ0v) is 14.9. The normalized spacial score (nSPS) is 16.5. The third kappa shape index (κ3) is 3.89. The fraction of sp³-hybridized carbons (Fsp3) is 0.263. The van der Waals surface area contributed by atoms with E-state index in [-0.39, 0.29) is 23.9 Å². The number of nitrogens with one attached hydrogen (secondary N) is 1. The van der Waals surface area contributed by atoms with Crippen LogP contribution in [0.15, 0.2) is 48.5 Å². The van der Waals surface area contributed by atoms with Gasteiger partial charge in [0.25, 0.3) is 11.6 Å². The van der Waals surface area contributed by atoms with Gasteiger partial charge in [0.2, 0.25) is 5.91 Å². The van der Waals surface area contributed by atoms with Crippen LogP contribution in [0.25, 0.3) is 0 Å². The molecule has 2 atom stereocenters. The molecule has 0 spiro atoms. The number of hydrogen-bond donors (Lipinski definition) is 1. The highest BCUT2D eigenvalue weighted by Gasteiger charge is 2.31. The van der Waals surface area contributed by atoms with Crippen molar-refractivity contribution in [1.29, 1.82) is 0 Å². The van der Waals surface area contributed by atoms with Crippen LogP contribution in [-0.2, 0) is 9.59 Å². The lowest BCUT2D eigenvalue weighted by Gasteiger charge is -2.29. The van der Waals surface area contributed by atoms with E-state index in [1.54, 1.807) is 50.4 Å². The van der Waals surface area contributed by atoms with Crippen LogP contribution < -0.4 is 10.1 Å². The average Bonchev–Trinajstić information content (AvgIpc) is 2.67. The Hall–Kier alpha value is -3.42. The first-order chi connectivity index (χ1) is 12.9. The quantitative estimate of drug-likeness (QED) is 0.645. The van der Waals surface area contributed by atoms with Crippen molar-refractivity contribution in [3.63, 3.8) is 0 Å². The number of amides is 2. The molecule has 2 aromatic carbocycles. The first-order valence-corrected chi connectivity index (χ1v) is 8.43. The summed E-state index contributed by atoms with van der Waals surface area (Å²) in [5.41, 5.74) is 1.18. The molecule has 0 aliphatic carbocycles. The van der Waals surface area contributed by atoms with Gasteiger partial charge in [-0.15, -0.1) is 0 Å². The smallest absolute Gasteiger partial charge is 0.269 e. The maximum absolute atomic E-state index is 12.6. The van der Waals surface area contributed by atoms with E-state index in [9.17, 15) is 19.7 Å². The minimum absolute atomic E-state index is 0.0354. The molecular weight excluding hydrogens is 350 g/mol. The van der Waals surface area contributed by atoms with Crippen LogP contribution in [0.2, 0.25) is 0 Å². The fourth-order valence-corrected chi connectivity index (χ4v) is 2.87. The molecule has 0 saturated carbocycles. The van der Waals surface area contributed by atoms with Gasteiger partial charge in [0.1, 0.15) is 5.75 Å². The Balaban J connectivity index is 1.69. The Kier molecular flexibility index (Phi) is 5.07. The summed E-state index contributed by atoms with van der Waals surface area (Å²) in [5.74, 6) is -0.156. The zero-order chi connectivity index (χ0) is 19.6. The molecule has 0 radical (unpaired) electrons. The van der Waals surface area contributed by atoms with Crippen LogP contribution >= 0.6 is 0 Å². The van der Waals surface area contributed by atoms with E-state index >= 15 is 0 Å². The molecule has 0 fully saturated rings. The van der Waals surface area contributed by atoms with Crippen LogP contribution in [0.1, 0.15) is 24.9 Å². The Bertz CT molecular complexity index is 898. The van der Waals surface area contributed by atoms with E-state index in [1.807, 2.05) is 0 Å². The van der Waals surface area contributed by atoms with Crippen molar-refractivity contribution in [1.82, 2.24) is 4.90 Å². The number of carbonyl (C=O) groups is 2. The third-order valence-corrected chi connectivity index (χ3v) is 4.60. The molecule has 1 aliphatic rings. The number of rotatable bonds is 5. The van der Waals surface area contributed by atoms with Crippen LogP contribution in [0.3, 0.4) is 0 Å². The molecule has 2 aromatic rings. The summed E-state index contributed by atoms with van der Waals surface area (Å²) in [6.45, 7) is 1.77. The molecule has 8 heteroatoms. The van der Waals surface area contributed by atoms with Crippen LogP contribution in [-0.4, -0.2) is 34.8 Å². The Morgan fingerprint density at radius 2 is 2.04 bits per heavy atom. The summed E-state index contributed by atoms with van der Waals surface area (Å²) in [5, 5.41) is 13.7. The van der Waals surface area contributed by atoms with Gasteiger partial charge in [0.15, 0.2) is 6.10 Å². The molecule has 1 heterocycles. The minimum Gasteiger partial charge on any atom is -0.478 e. The SMILES string of the molecule is C[C@@H](c1cccc([N+](=O)[O-])c1)N(C)C(=O)C[C@@H]1Oc2ccccc2NC1=O. The van der Waals surface area contributed by atoms with E-state index in [2.05, 4.69) is 5.32 Å². The number of nitro groups is 1. The molecule has 1 N–H and O–H groups in total. The Morgan fingerprint density at radius 1 is 1.30 bits per heavy atom. The molecule has 0 bridgehead atoms. The van der Waals surface area contributed by atoms with Gasteiger partial charge in [-0.2, -0.15) is 0 Å². The van der Waals surface area contributed by atoms with Gasteiger partial charge in [-0.05, 0) is 24.6 Å². The fourth-order valence-electron chi connectivity index (χ4n) is 2.87. The first-order valence-electron chi connectivity index (χ1n) is 8.43. The molecule has 1 aliphatic heterocycles. The highest BCUT2D eigenvalue weighted by molar-refractivity contribution is 5.99. The summed E-state index contributed by atoms with van der Waals surface area (Å²) in [6.07, 6.45) is -1.05. The van der Waals surface area contributed by atoms with E-state index < -0.39 is 17.1 Å². The summed E-state index contributed by atoms with van der Waals surface area (Å²) in [7, 11) is 1.60. The molecule has 3 rings (SSSR count). The zero-order valence-electron chi connectivity index (χ0n) is 14.9. The number of hydrogen-bond acceptors (Lipinski definition) is 5. The summed E-state index contributed by atoms with van der Waals surface area (Å²) in [6, 6.07) is 12.8. The third-order valence-electron chi connectivity index (χ3n) is 4.60. The standard InChI is InChI=1S/C19H19N3O5/c1-12(13-6-5-7-14(10-13)22(25)26)21(2)18(23)11-17-19(24)20-15-8-3-4-9-16(15)27-17/h3-10,12,17H,11H2,1-2H3,(H,20,24)/t12-,17-/m0/s1. The number of nitro benzene ring substituents is 1. The maximum Gasteiger partial charge on any atom is 0.269 e. The second-order valence-electron chi connectivity index (χ2n) is 6.33. The molecule has 0 aromatic heterocycles. The molecule has 8 nitrogen and oxygen atoms in total. The van der Waals surface area contributed by atoms with Crippen molar-refractivity contribution in [3.05, 3.63) is 64.2 Å². The maximum atomic E-state index is 12.6. The highest BCUT2D eigenvalue weighted by atomic mass is 16.6. The van der Waals surface area contributed by atoms with Crippen LogP contribution in [0.4, 0.5) is 11.4 Å². The van der Waals surface area contributed by atoms with Gasteiger partial charge in [0, 0.05) is 19.2 Å². The monoisotopic (exact) mass is 369 g/mol. The average molecular weight is 369 g/mol. The number of para-hydroxylation sites is 2. The summed E-state index contributed by atoms with van der Waals surface area (Å²) in [4.78, 5) is 36.7. The van der Waals surface area contributed by atoms with E-state index in [1.165, 1.54) is 17.0 Å². The number of nitrogens with zero attached hydrogens (tertiary/aromatic N) is 2. The molecule has 0 unspecified atom stereocenters. The van der Waals surface area contributed by atoms with Crippen molar-refractivity contribution in [2.24, 2.45) is 0 Å². The topological polar surface area (TPSA) is 102 Å². The minimum atomic E-state index is -0.924. The number of fused-ring (bicyclic) bond motifs is 1. The predicted molar refractivity (Wildman–Crippen MR) is 98.4 cm³/mol. The van der Waals surface area contributed by atoms with Gasteiger partial charge in [-0.25, -0.2) is 0 Å². The molecule has 27 heavy (non-hydrogen) atoms. The van der Waals surface area contributed by atoms with Crippen molar-refractivity contribution in [2.75, 3.05) is 12.4 Å². The number of anilines is 1. The van der Waals surface area contributed by atoms with Gasteiger partial charge in [-0.1, -0.05) is 24.3 Å². The Morgan fingerprint density at radius 3 is 2.78 bits per heavy atom. The van der Waals surface area contributed by atoms with Gasteiger partial charge < -0.3 is 15.0 Å². The predicted octanol–water partition coefficient (Wildman–Crippen LogP) is 2.90. The van der Waals surface area contributed by atoms with Crippen LogP contribution in [0.5, 0.6) is 5.75 Å². The second-order valence-corrected chi connectivity index (χ2v) is 6.33. The number of non-ortho nitro benzene ring substituents is 1. The second kappa shape index (κ2) is 7.45. The largest absolute Gasteiger partial charge is 0.478 e. The highest BCUT2D eigenvalue weighted by Crippen LogP contribution is 2.30. The lowest BCUT2D eigenvalue weighted by molar-refractivity contribution is -0.384. The van der Waals surface area contributed by atoms with Crippen molar-refractivity contribution < 1.29 is 19.2 Å². The van der Waals surface area contributed by atoms with Gasteiger partial charge >= 0.3 is 0 Å². The van der Waals surface area contributed by atoms with Gasteiger partial charge in [0.05, 0.1) is 23.1 Å². The number of ether oxygens (including phenoxy) is 1. The molecule has 140 valence electrons. The number of carbonyl (C=O) groups excluding carboxylic acids is 2. The van der Waals surface area contributed by atoms with Gasteiger partial charge in [-0.3, -0.25) is 19.7 Å². The first kappa shape index (κ1) is 18.4. The van der Waals surface area contributed by atoms with E-state index in [0.29, 0.717) is 17.0 Å². The lowest BCUT2D eigenvalue weighted by atomic mass is 10.1. The van der Waals surface area contributed by atoms with Crippen LogP contribution in [0, 0.1) is 10.1 Å². The summed E-state index contributed by atoms with van der Waals surface area (Å²) < 4.78 is 5.65. The molecule has 2 amide bonds. The van der Waals surface area contributed by atoms with Crippen molar-refractivity contribution in [3.8, 4) is 5.75 Å². The van der Waals surface area contributed by atoms with Crippen molar-refractivity contribution >= 4 is 23.2 Å². The number of benzene rings is 2. The Labute approximate surface area is 155 Å². The molecular formula is C19H19N3O5.